The highest BCUT2D eigenvalue weighted by Gasteiger charge is 2.20. The molecule has 108 valence electrons. The van der Waals surface area contributed by atoms with Crippen molar-refractivity contribution in [3.63, 3.8) is 0 Å². The van der Waals surface area contributed by atoms with Crippen LogP contribution in [0.25, 0.3) is 0 Å². The van der Waals surface area contributed by atoms with Crippen molar-refractivity contribution in [2.45, 2.75) is 45.8 Å². The lowest BCUT2D eigenvalue weighted by Gasteiger charge is -2.28. The second kappa shape index (κ2) is 7.51. The summed E-state index contributed by atoms with van der Waals surface area (Å²) in [6.45, 7) is 10.0. The van der Waals surface area contributed by atoms with Gasteiger partial charge in [-0.3, -0.25) is 0 Å². The molecule has 3 nitrogen and oxygen atoms in total. The van der Waals surface area contributed by atoms with E-state index in [4.69, 9.17) is 9.47 Å². The fraction of sp³-hybridized carbons (Fsp3) is 0.625. The van der Waals surface area contributed by atoms with E-state index in [2.05, 4.69) is 39.1 Å². The summed E-state index contributed by atoms with van der Waals surface area (Å²) in [6, 6.07) is 8.26. The van der Waals surface area contributed by atoms with Gasteiger partial charge in [-0.15, -0.1) is 0 Å². The molecule has 19 heavy (non-hydrogen) atoms. The Morgan fingerprint density at radius 3 is 2.47 bits per heavy atom. The molecule has 1 aromatic rings. The smallest absolute Gasteiger partial charge is 0.123 e. The van der Waals surface area contributed by atoms with E-state index >= 15 is 0 Å². The number of methoxy groups -OCH3 is 1. The summed E-state index contributed by atoms with van der Waals surface area (Å²) in [7, 11) is 1.71. The maximum absolute atomic E-state index is 6.03. The molecule has 0 bridgehead atoms. The molecular formula is C16H27NO2. The second-order valence-corrected chi connectivity index (χ2v) is 5.28. The van der Waals surface area contributed by atoms with E-state index < -0.39 is 0 Å². The quantitative estimate of drug-likeness (QED) is 0.779. The topological polar surface area (TPSA) is 30.5 Å². The third kappa shape index (κ3) is 4.84. The lowest BCUT2D eigenvalue weighted by molar-refractivity contribution is -0.0308. The Balaban J connectivity index is 2.82. The molecule has 0 aliphatic heterocycles. The first kappa shape index (κ1) is 16.0. The maximum Gasteiger partial charge on any atom is 0.123 e. The zero-order valence-electron chi connectivity index (χ0n) is 12.8. The first-order chi connectivity index (χ1) is 9.04. The minimum atomic E-state index is -0.0876. The number of hydrogen-bond donors (Lipinski definition) is 1. The van der Waals surface area contributed by atoms with Crippen molar-refractivity contribution >= 4 is 0 Å². The molecule has 0 aliphatic carbocycles. The monoisotopic (exact) mass is 265 g/mol. The molecule has 0 fully saturated rings. The van der Waals surface area contributed by atoms with Crippen LogP contribution >= 0.6 is 0 Å². The average Bonchev–Trinajstić information content (AvgIpc) is 2.43. The number of para-hydroxylation sites is 1. The van der Waals surface area contributed by atoms with Crippen molar-refractivity contribution in [3.8, 4) is 5.75 Å². The fourth-order valence-electron chi connectivity index (χ4n) is 1.87. The minimum absolute atomic E-state index is 0.0876. The number of rotatable bonds is 8. The summed E-state index contributed by atoms with van der Waals surface area (Å²) in [4.78, 5) is 0. The third-order valence-electron chi connectivity index (χ3n) is 3.46. The number of hydrogen-bond acceptors (Lipinski definition) is 3. The van der Waals surface area contributed by atoms with E-state index in [-0.39, 0.29) is 11.6 Å². The number of likely N-dealkylation sites (N-methyl/N-ethyl adjacent to an activating group) is 1. The Labute approximate surface area is 117 Å². The largest absolute Gasteiger partial charge is 0.496 e. The molecule has 1 aromatic carbocycles. The van der Waals surface area contributed by atoms with Gasteiger partial charge in [0.1, 0.15) is 5.75 Å². The summed E-state index contributed by atoms with van der Waals surface area (Å²) in [5, 5.41) is 3.47. The van der Waals surface area contributed by atoms with Crippen LogP contribution in [0.1, 0.15) is 45.7 Å². The van der Waals surface area contributed by atoms with Gasteiger partial charge in [-0.1, -0.05) is 32.0 Å². The van der Waals surface area contributed by atoms with Crippen LogP contribution in [-0.2, 0) is 4.74 Å². The number of benzene rings is 1. The molecule has 3 heteroatoms. The van der Waals surface area contributed by atoms with Crippen molar-refractivity contribution in [3.05, 3.63) is 29.8 Å². The molecule has 1 rings (SSSR count). The third-order valence-corrected chi connectivity index (χ3v) is 3.46. The molecule has 1 N–H and O–H groups in total. The second-order valence-electron chi connectivity index (χ2n) is 5.28. The van der Waals surface area contributed by atoms with Gasteiger partial charge in [-0.25, -0.2) is 0 Å². The molecule has 0 heterocycles. The first-order valence-corrected chi connectivity index (χ1v) is 7.04. The highest BCUT2D eigenvalue weighted by molar-refractivity contribution is 5.35. The predicted molar refractivity (Wildman–Crippen MR) is 79.7 cm³/mol. The lowest BCUT2D eigenvalue weighted by atomic mass is 10.0. The van der Waals surface area contributed by atoms with Gasteiger partial charge in [0.05, 0.1) is 25.4 Å². The van der Waals surface area contributed by atoms with E-state index in [1.54, 1.807) is 7.11 Å². The van der Waals surface area contributed by atoms with Crippen molar-refractivity contribution in [2.75, 3.05) is 20.3 Å². The molecule has 0 saturated heterocycles. The molecule has 0 aliphatic rings. The maximum atomic E-state index is 6.03. The van der Waals surface area contributed by atoms with Gasteiger partial charge in [0.25, 0.3) is 0 Å². The fourth-order valence-corrected chi connectivity index (χ4v) is 1.87. The van der Waals surface area contributed by atoms with E-state index in [1.807, 2.05) is 18.2 Å². The summed E-state index contributed by atoms with van der Waals surface area (Å²) in [6.07, 6.45) is 0.998. The summed E-state index contributed by atoms with van der Waals surface area (Å²) >= 11 is 0. The molecule has 0 saturated carbocycles. The Morgan fingerprint density at radius 1 is 1.21 bits per heavy atom. The molecule has 1 unspecified atom stereocenters. The van der Waals surface area contributed by atoms with Crippen molar-refractivity contribution in [1.82, 2.24) is 5.32 Å². The van der Waals surface area contributed by atoms with Crippen LogP contribution in [0, 0.1) is 0 Å². The van der Waals surface area contributed by atoms with Gasteiger partial charge in [0.15, 0.2) is 0 Å². The van der Waals surface area contributed by atoms with Crippen molar-refractivity contribution < 1.29 is 9.47 Å². The van der Waals surface area contributed by atoms with Gasteiger partial charge in [0, 0.05) is 5.56 Å². The van der Waals surface area contributed by atoms with Gasteiger partial charge in [-0.2, -0.15) is 0 Å². The molecular weight excluding hydrogens is 238 g/mol. The molecule has 0 spiro atoms. The number of nitrogens with one attached hydrogen (secondary N) is 1. The first-order valence-electron chi connectivity index (χ1n) is 7.04. The van der Waals surface area contributed by atoms with Gasteiger partial charge in [0.2, 0.25) is 0 Å². The van der Waals surface area contributed by atoms with Crippen LogP contribution in [0.5, 0.6) is 5.75 Å². The van der Waals surface area contributed by atoms with Crippen LogP contribution in [0.2, 0.25) is 0 Å². The van der Waals surface area contributed by atoms with E-state index in [1.165, 1.54) is 0 Å². The molecule has 0 radical (unpaired) electrons. The number of ether oxygens (including phenoxy) is 2. The normalized spacial score (nSPS) is 13.3. The van der Waals surface area contributed by atoms with E-state index in [0.29, 0.717) is 6.61 Å². The van der Waals surface area contributed by atoms with Crippen molar-refractivity contribution in [1.29, 1.82) is 0 Å². The zero-order valence-corrected chi connectivity index (χ0v) is 12.8. The minimum Gasteiger partial charge on any atom is -0.496 e. The van der Waals surface area contributed by atoms with Gasteiger partial charge < -0.3 is 14.8 Å². The highest BCUT2D eigenvalue weighted by Crippen LogP contribution is 2.26. The van der Waals surface area contributed by atoms with E-state index in [9.17, 15) is 0 Å². The van der Waals surface area contributed by atoms with Crippen LogP contribution in [0.3, 0.4) is 0 Å². The Bertz CT molecular complexity index is 377. The molecule has 1 atom stereocenters. The Hall–Kier alpha value is -1.06. The zero-order chi connectivity index (χ0) is 14.3. The van der Waals surface area contributed by atoms with Crippen LogP contribution in [0.15, 0.2) is 24.3 Å². The SMILES string of the molecule is CCNC(COC(C)(C)CC)c1ccccc1OC. The molecule has 0 aromatic heterocycles. The Kier molecular flexibility index (Phi) is 6.32. The van der Waals surface area contributed by atoms with Crippen LogP contribution in [-0.4, -0.2) is 25.9 Å². The lowest BCUT2D eigenvalue weighted by Crippen LogP contribution is -2.31. The highest BCUT2D eigenvalue weighted by atomic mass is 16.5. The Morgan fingerprint density at radius 2 is 1.89 bits per heavy atom. The summed E-state index contributed by atoms with van der Waals surface area (Å²) < 4.78 is 11.5. The van der Waals surface area contributed by atoms with Gasteiger partial charge in [-0.05, 0) is 32.9 Å². The summed E-state index contributed by atoms with van der Waals surface area (Å²) in [5.41, 5.74) is 1.06. The predicted octanol–water partition coefficient (Wildman–Crippen LogP) is 3.55. The van der Waals surface area contributed by atoms with Gasteiger partial charge >= 0.3 is 0 Å². The van der Waals surface area contributed by atoms with Crippen LogP contribution in [0.4, 0.5) is 0 Å². The average molecular weight is 265 g/mol. The molecule has 0 amide bonds. The van der Waals surface area contributed by atoms with Crippen LogP contribution < -0.4 is 10.1 Å². The summed E-state index contributed by atoms with van der Waals surface area (Å²) in [5.74, 6) is 0.909. The van der Waals surface area contributed by atoms with E-state index in [0.717, 1.165) is 24.3 Å². The van der Waals surface area contributed by atoms with Crippen molar-refractivity contribution in [2.24, 2.45) is 0 Å². The standard InChI is InChI=1S/C16H27NO2/c1-6-16(3,4)19-12-14(17-7-2)13-10-8-9-11-15(13)18-5/h8-11,14,17H,6-7,12H2,1-5H3.